The number of rotatable bonds is 6. The average molecular weight is 310 g/mol. The van der Waals surface area contributed by atoms with Crippen molar-refractivity contribution in [3.63, 3.8) is 0 Å². The first-order valence-corrected chi connectivity index (χ1v) is 6.40. The van der Waals surface area contributed by atoms with Gasteiger partial charge in [-0.15, -0.1) is 12.4 Å². The minimum absolute atomic E-state index is 0. The van der Waals surface area contributed by atoms with Crippen LogP contribution in [0, 0.1) is 0 Å². The summed E-state index contributed by atoms with van der Waals surface area (Å²) in [5.41, 5.74) is 7.67. The fourth-order valence-electron chi connectivity index (χ4n) is 2.05. The normalized spacial score (nSPS) is 9.67. The summed E-state index contributed by atoms with van der Waals surface area (Å²) in [4.78, 5) is 0. The van der Waals surface area contributed by atoms with Gasteiger partial charge >= 0.3 is 0 Å². The van der Waals surface area contributed by atoms with Gasteiger partial charge in [-0.3, -0.25) is 0 Å². The first kappa shape index (κ1) is 17.1. The summed E-state index contributed by atoms with van der Waals surface area (Å²) in [6.45, 7) is 0.808. The largest absolute Gasteiger partial charge is 0.496 e. The van der Waals surface area contributed by atoms with Gasteiger partial charge < -0.3 is 19.9 Å². The fraction of sp³-hybridized carbons (Fsp3) is 0.250. The minimum atomic E-state index is 0. The molecule has 0 saturated carbocycles. The molecule has 0 aromatic heterocycles. The van der Waals surface area contributed by atoms with Crippen LogP contribution in [-0.4, -0.2) is 14.2 Å². The van der Waals surface area contributed by atoms with Crippen molar-refractivity contribution in [2.45, 2.75) is 13.2 Å². The second kappa shape index (κ2) is 8.39. The van der Waals surface area contributed by atoms with Crippen LogP contribution in [0.3, 0.4) is 0 Å². The van der Waals surface area contributed by atoms with Crippen molar-refractivity contribution in [3.8, 4) is 17.2 Å². The standard InChI is InChI=1S/C16H19NO3.ClH/c1-18-14-8-9-15(16(19-2)13(14)10-17)20-11-12-6-4-3-5-7-12;/h3-9H,10-11,17H2,1-2H3;1H. The Kier molecular flexibility index (Phi) is 6.85. The smallest absolute Gasteiger partial charge is 0.168 e. The first-order valence-electron chi connectivity index (χ1n) is 6.40. The summed E-state index contributed by atoms with van der Waals surface area (Å²) in [6.07, 6.45) is 0. The van der Waals surface area contributed by atoms with Crippen LogP contribution in [0.2, 0.25) is 0 Å². The van der Waals surface area contributed by atoms with Crippen molar-refractivity contribution in [1.82, 2.24) is 0 Å². The zero-order chi connectivity index (χ0) is 14.4. The van der Waals surface area contributed by atoms with E-state index in [0.29, 0.717) is 30.4 Å². The molecule has 0 aliphatic rings. The predicted octanol–water partition coefficient (Wildman–Crippen LogP) is 3.16. The monoisotopic (exact) mass is 309 g/mol. The first-order chi connectivity index (χ1) is 9.80. The summed E-state index contributed by atoms with van der Waals surface area (Å²) in [5, 5.41) is 0. The molecule has 4 nitrogen and oxygen atoms in total. The molecule has 5 heteroatoms. The maximum atomic E-state index is 5.82. The molecule has 0 spiro atoms. The van der Waals surface area contributed by atoms with Gasteiger partial charge in [0, 0.05) is 6.54 Å². The lowest BCUT2D eigenvalue weighted by molar-refractivity contribution is 0.281. The zero-order valence-corrected chi connectivity index (χ0v) is 13.0. The Hall–Kier alpha value is -1.91. The van der Waals surface area contributed by atoms with E-state index in [1.54, 1.807) is 14.2 Å². The fourth-order valence-corrected chi connectivity index (χ4v) is 2.05. The Balaban J connectivity index is 0.00000220. The summed E-state index contributed by atoms with van der Waals surface area (Å²) >= 11 is 0. The molecular formula is C16H20ClNO3. The Bertz CT molecular complexity index is 561. The number of hydrogen-bond donors (Lipinski definition) is 1. The quantitative estimate of drug-likeness (QED) is 0.890. The molecule has 2 rings (SSSR count). The van der Waals surface area contributed by atoms with Crippen molar-refractivity contribution in [1.29, 1.82) is 0 Å². The predicted molar refractivity (Wildman–Crippen MR) is 85.5 cm³/mol. The van der Waals surface area contributed by atoms with Crippen LogP contribution in [0.25, 0.3) is 0 Å². The summed E-state index contributed by atoms with van der Waals surface area (Å²) in [7, 11) is 3.21. The van der Waals surface area contributed by atoms with Crippen LogP contribution in [0.1, 0.15) is 11.1 Å². The van der Waals surface area contributed by atoms with Crippen LogP contribution >= 0.6 is 12.4 Å². The third kappa shape index (κ3) is 4.03. The molecule has 0 bridgehead atoms. The lowest BCUT2D eigenvalue weighted by atomic mass is 10.1. The number of nitrogens with two attached hydrogens (primary N) is 1. The second-order valence-electron chi connectivity index (χ2n) is 4.26. The molecule has 0 radical (unpaired) electrons. The minimum Gasteiger partial charge on any atom is -0.496 e. The molecule has 0 fully saturated rings. The van der Waals surface area contributed by atoms with Crippen LogP contribution < -0.4 is 19.9 Å². The Morgan fingerprint density at radius 1 is 0.905 bits per heavy atom. The van der Waals surface area contributed by atoms with E-state index in [9.17, 15) is 0 Å². The summed E-state index contributed by atoms with van der Waals surface area (Å²) < 4.78 is 16.5. The summed E-state index contributed by atoms with van der Waals surface area (Å²) in [5.74, 6) is 2.00. The van der Waals surface area contributed by atoms with Gasteiger partial charge in [0.2, 0.25) is 0 Å². The molecule has 0 amide bonds. The van der Waals surface area contributed by atoms with Crippen molar-refractivity contribution in [2.75, 3.05) is 14.2 Å². The van der Waals surface area contributed by atoms with Gasteiger partial charge in [0.25, 0.3) is 0 Å². The molecule has 0 saturated heterocycles. The maximum Gasteiger partial charge on any atom is 0.168 e. The summed E-state index contributed by atoms with van der Waals surface area (Å²) in [6, 6.07) is 13.6. The molecule has 21 heavy (non-hydrogen) atoms. The van der Waals surface area contributed by atoms with Crippen LogP contribution in [0.15, 0.2) is 42.5 Å². The molecule has 0 atom stereocenters. The average Bonchev–Trinajstić information content (AvgIpc) is 2.52. The molecular weight excluding hydrogens is 290 g/mol. The lowest BCUT2D eigenvalue weighted by Crippen LogP contribution is -2.05. The van der Waals surface area contributed by atoms with Crippen molar-refractivity contribution >= 4 is 12.4 Å². The number of halogens is 1. The number of hydrogen-bond acceptors (Lipinski definition) is 4. The van der Waals surface area contributed by atoms with Gasteiger partial charge in [0.05, 0.1) is 19.8 Å². The highest BCUT2D eigenvalue weighted by Crippen LogP contribution is 2.37. The molecule has 2 N–H and O–H groups in total. The van der Waals surface area contributed by atoms with E-state index >= 15 is 0 Å². The lowest BCUT2D eigenvalue weighted by Gasteiger charge is -2.16. The van der Waals surface area contributed by atoms with Crippen LogP contribution in [0.4, 0.5) is 0 Å². The number of benzene rings is 2. The van der Waals surface area contributed by atoms with Gasteiger partial charge in [0.1, 0.15) is 12.4 Å². The second-order valence-corrected chi connectivity index (χ2v) is 4.26. The van der Waals surface area contributed by atoms with Gasteiger partial charge in [-0.2, -0.15) is 0 Å². The Labute approximate surface area is 131 Å². The van der Waals surface area contributed by atoms with E-state index in [1.165, 1.54) is 0 Å². The Morgan fingerprint density at radius 2 is 1.57 bits per heavy atom. The SMILES string of the molecule is COc1ccc(OCc2ccccc2)c(OC)c1CN.Cl. The topological polar surface area (TPSA) is 53.7 Å². The highest BCUT2D eigenvalue weighted by molar-refractivity contribution is 5.85. The van der Waals surface area contributed by atoms with E-state index < -0.39 is 0 Å². The molecule has 114 valence electrons. The molecule has 0 heterocycles. The van der Waals surface area contributed by atoms with E-state index in [-0.39, 0.29) is 12.4 Å². The third-order valence-electron chi connectivity index (χ3n) is 3.05. The van der Waals surface area contributed by atoms with Crippen LogP contribution in [-0.2, 0) is 13.2 Å². The van der Waals surface area contributed by atoms with E-state index in [1.807, 2.05) is 42.5 Å². The van der Waals surface area contributed by atoms with Crippen molar-refractivity contribution in [3.05, 3.63) is 53.6 Å². The molecule has 2 aromatic rings. The van der Waals surface area contributed by atoms with E-state index in [4.69, 9.17) is 19.9 Å². The van der Waals surface area contributed by atoms with Gasteiger partial charge in [-0.25, -0.2) is 0 Å². The van der Waals surface area contributed by atoms with E-state index in [0.717, 1.165) is 11.1 Å². The number of ether oxygens (including phenoxy) is 3. The zero-order valence-electron chi connectivity index (χ0n) is 12.2. The van der Waals surface area contributed by atoms with E-state index in [2.05, 4.69) is 0 Å². The van der Waals surface area contributed by atoms with Crippen molar-refractivity contribution < 1.29 is 14.2 Å². The van der Waals surface area contributed by atoms with Crippen molar-refractivity contribution in [2.24, 2.45) is 5.73 Å². The number of methoxy groups -OCH3 is 2. The molecule has 0 aliphatic carbocycles. The highest BCUT2D eigenvalue weighted by Gasteiger charge is 2.14. The maximum absolute atomic E-state index is 5.82. The third-order valence-corrected chi connectivity index (χ3v) is 3.05. The molecule has 2 aromatic carbocycles. The highest BCUT2D eigenvalue weighted by atomic mass is 35.5. The molecule has 0 aliphatic heterocycles. The Morgan fingerprint density at radius 3 is 2.14 bits per heavy atom. The van der Waals surface area contributed by atoms with Gasteiger partial charge in [-0.05, 0) is 17.7 Å². The van der Waals surface area contributed by atoms with Crippen LogP contribution in [0.5, 0.6) is 17.2 Å². The molecule has 0 unspecified atom stereocenters. The van der Waals surface area contributed by atoms with Gasteiger partial charge in [0.15, 0.2) is 11.5 Å². The van der Waals surface area contributed by atoms with Gasteiger partial charge in [-0.1, -0.05) is 30.3 Å².